The van der Waals surface area contributed by atoms with E-state index in [1.165, 1.54) is 77.2 Å². The summed E-state index contributed by atoms with van der Waals surface area (Å²) in [7, 11) is 0. The van der Waals surface area contributed by atoms with Gasteiger partial charge in [-0.2, -0.15) is 0 Å². The largest absolute Gasteiger partial charge is 0.396 e. The SMILES string of the molecule is OCCCCCCCCCCCCCCN1C=NCC1. The third kappa shape index (κ3) is 10.2. The maximum Gasteiger partial charge on any atom is 0.0851 e. The second-order valence-electron chi connectivity index (χ2n) is 6.02. The van der Waals surface area contributed by atoms with E-state index in [4.69, 9.17) is 5.11 Å². The van der Waals surface area contributed by atoms with E-state index in [2.05, 4.69) is 9.89 Å². The molecule has 0 radical (unpaired) electrons. The van der Waals surface area contributed by atoms with Gasteiger partial charge in [-0.25, -0.2) is 0 Å². The molecule has 3 heteroatoms. The zero-order chi connectivity index (χ0) is 14.3. The third-order valence-corrected chi connectivity index (χ3v) is 4.11. The van der Waals surface area contributed by atoms with Crippen LogP contribution in [0.1, 0.15) is 77.0 Å². The van der Waals surface area contributed by atoms with Crippen molar-refractivity contribution < 1.29 is 5.11 Å². The van der Waals surface area contributed by atoms with E-state index < -0.39 is 0 Å². The molecule has 0 saturated heterocycles. The molecule has 0 atom stereocenters. The minimum Gasteiger partial charge on any atom is -0.396 e. The maximum absolute atomic E-state index is 8.68. The van der Waals surface area contributed by atoms with Crippen molar-refractivity contribution in [3.05, 3.63) is 0 Å². The molecule has 1 N–H and O–H groups in total. The van der Waals surface area contributed by atoms with Crippen LogP contribution in [0.15, 0.2) is 4.99 Å². The third-order valence-electron chi connectivity index (χ3n) is 4.11. The van der Waals surface area contributed by atoms with Gasteiger partial charge < -0.3 is 10.0 Å². The van der Waals surface area contributed by atoms with Gasteiger partial charge in [0, 0.05) is 19.7 Å². The lowest BCUT2D eigenvalue weighted by atomic mass is 10.1. The van der Waals surface area contributed by atoms with Crippen molar-refractivity contribution >= 4 is 6.34 Å². The highest BCUT2D eigenvalue weighted by Crippen LogP contribution is 2.12. The Kier molecular flexibility index (Phi) is 11.7. The number of rotatable bonds is 14. The molecule has 0 saturated carbocycles. The van der Waals surface area contributed by atoms with E-state index in [0.29, 0.717) is 6.61 Å². The van der Waals surface area contributed by atoms with Crippen LogP contribution in [-0.2, 0) is 0 Å². The topological polar surface area (TPSA) is 35.8 Å². The predicted octanol–water partition coefficient (Wildman–Crippen LogP) is 4.00. The first-order valence-electron chi connectivity index (χ1n) is 8.78. The van der Waals surface area contributed by atoms with Crippen LogP contribution in [0.5, 0.6) is 0 Å². The average molecular weight is 282 g/mol. The van der Waals surface area contributed by atoms with Crippen LogP contribution in [0.2, 0.25) is 0 Å². The number of aliphatic hydroxyl groups excluding tert-OH is 1. The Morgan fingerprint density at radius 2 is 1.25 bits per heavy atom. The van der Waals surface area contributed by atoms with Gasteiger partial charge in [-0.3, -0.25) is 4.99 Å². The number of nitrogens with zero attached hydrogens (tertiary/aromatic N) is 2. The molecule has 1 rings (SSSR count). The summed E-state index contributed by atoms with van der Waals surface area (Å²) in [5.41, 5.74) is 0. The Balaban J connectivity index is 1.67. The highest BCUT2D eigenvalue weighted by atomic mass is 16.2. The Morgan fingerprint density at radius 3 is 1.70 bits per heavy atom. The maximum atomic E-state index is 8.68. The van der Waals surface area contributed by atoms with Gasteiger partial charge in [-0.1, -0.05) is 64.2 Å². The first kappa shape index (κ1) is 17.5. The number of aliphatic imine (C=N–C) groups is 1. The van der Waals surface area contributed by atoms with Crippen LogP contribution >= 0.6 is 0 Å². The molecule has 1 heterocycles. The van der Waals surface area contributed by atoms with Gasteiger partial charge in [0.1, 0.15) is 0 Å². The molecule has 0 aromatic rings. The lowest BCUT2D eigenvalue weighted by Crippen LogP contribution is -2.20. The Hall–Kier alpha value is -0.570. The molecule has 0 bridgehead atoms. The van der Waals surface area contributed by atoms with E-state index >= 15 is 0 Å². The zero-order valence-electron chi connectivity index (χ0n) is 13.2. The second-order valence-corrected chi connectivity index (χ2v) is 6.02. The molecule has 1 aliphatic heterocycles. The van der Waals surface area contributed by atoms with Crippen molar-refractivity contribution in [1.82, 2.24) is 4.90 Å². The van der Waals surface area contributed by atoms with Crippen LogP contribution in [-0.4, -0.2) is 42.6 Å². The van der Waals surface area contributed by atoms with Crippen molar-refractivity contribution in [2.45, 2.75) is 77.0 Å². The highest BCUT2D eigenvalue weighted by molar-refractivity contribution is 5.56. The van der Waals surface area contributed by atoms with Gasteiger partial charge in [0.05, 0.1) is 12.9 Å². The number of aliphatic hydroxyl groups is 1. The lowest BCUT2D eigenvalue weighted by molar-refractivity contribution is 0.282. The summed E-state index contributed by atoms with van der Waals surface area (Å²) in [5, 5.41) is 8.68. The molecule has 1 aliphatic rings. The van der Waals surface area contributed by atoms with Gasteiger partial charge in [-0.05, 0) is 12.8 Å². The fourth-order valence-corrected chi connectivity index (χ4v) is 2.78. The van der Waals surface area contributed by atoms with Crippen molar-refractivity contribution in [2.24, 2.45) is 4.99 Å². The van der Waals surface area contributed by atoms with Crippen molar-refractivity contribution in [3.8, 4) is 0 Å². The first-order chi connectivity index (χ1) is 9.93. The summed E-state index contributed by atoms with van der Waals surface area (Å²) in [5.74, 6) is 0. The van der Waals surface area contributed by atoms with E-state index in [-0.39, 0.29) is 0 Å². The Morgan fingerprint density at radius 1 is 0.750 bits per heavy atom. The van der Waals surface area contributed by atoms with Gasteiger partial charge in [0.2, 0.25) is 0 Å². The molecule has 0 aromatic carbocycles. The van der Waals surface area contributed by atoms with Crippen molar-refractivity contribution in [3.63, 3.8) is 0 Å². The summed E-state index contributed by atoms with van der Waals surface area (Å²) in [6.07, 6.45) is 18.0. The van der Waals surface area contributed by atoms with Crippen LogP contribution < -0.4 is 0 Å². The minimum absolute atomic E-state index is 0.366. The van der Waals surface area contributed by atoms with E-state index in [0.717, 1.165) is 19.5 Å². The predicted molar refractivity (Wildman–Crippen MR) is 87.4 cm³/mol. The minimum atomic E-state index is 0.366. The van der Waals surface area contributed by atoms with Gasteiger partial charge in [-0.15, -0.1) is 0 Å². The standard InChI is InChI=1S/C17H34N2O/c20-16-12-10-8-6-4-2-1-3-5-7-9-11-14-19-15-13-18-17-19/h17,20H,1-16H2. The van der Waals surface area contributed by atoms with E-state index in [9.17, 15) is 0 Å². The van der Waals surface area contributed by atoms with Gasteiger partial charge in [0.15, 0.2) is 0 Å². The highest BCUT2D eigenvalue weighted by Gasteiger charge is 2.03. The molecule has 0 aliphatic carbocycles. The summed E-state index contributed by atoms with van der Waals surface area (Å²) in [6, 6.07) is 0. The van der Waals surface area contributed by atoms with Crippen molar-refractivity contribution in [2.75, 3.05) is 26.2 Å². The van der Waals surface area contributed by atoms with Crippen LogP contribution in [0.25, 0.3) is 0 Å². The molecular weight excluding hydrogens is 248 g/mol. The van der Waals surface area contributed by atoms with E-state index in [1.807, 2.05) is 6.34 Å². The van der Waals surface area contributed by atoms with E-state index in [1.54, 1.807) is 0 Å². The van der Waals surface area contributed by atoms with Crippen LogP contribution in [0.3, 0.4) is 0 Å². The Bertz CT molecular complexity index is 231. The second kappa shape index (κ2) is 13.4. The number of unbranched alkanes of at least 4 members (excludes halogenated alkanes) is 11. The monoisotopic (exact) mass is 282 g/mol. The fraction of sp³-hybridized carbons (Fsp3) is 0.941. The lowest BCUT2D eigenvalue weighted by Gasteiger charge is -2.12. The zero-order valence-corrected chi connectivity index (χ0v) is 13.2. The molecule has 3 nitrogen and oxygen atoms in total. The van der Waals surface area contributed by atoms with Crippen LogP contribution in [0, 0.1) is 0 Å². The number of hydrogen-bond donors (Lipinski definition) is 1. The average Bonchev–Trinajstić information content (AvgIpc) is 2.97. The molecule has 0 unspecified atom stereocenters. The summed E-state index contributed by atoms with van der Waals surface area (Å²) in [6.45, 7) is 3.71. The molecule has 0 amide bonds. The molecule has 118 valence electrons. The van der Waals surface area contributed by atoms with Gasteiger partial charge in [0.25, 0.3) is 0 Å². The molecule has 0 fully saturated rings. The molecular formula is C17H34N2O. The molecule has 0 aromatic heterocycles. The molecule has 0 spiro atoms. The quantitative estimate of drug-likeness (QED) is 0.489. The normalized spacial score (nSPS) is 14.3. The first-order valence-corrected chi connectivity index (χ1v) is 8.78. The number of hydrogen-bond acceptors (Lipinski definition) is 3. The summed E-state index contributed by atoms with van der Waals surface area (Å²) < 4.78 is 0. The fourth-order valence-electron chi connectivity index (χ4n) is 2.78. The molecule has 20 heavy (non-hydrogen) atoms. The summed E-state index contributed by atoms with van der Waals surface area (Å²) >= 11 is 0. The van der Waals surface area contributed by atoms with Gasteiger partial charge >= 0.3 is 0 Å². The smallest absolute Gasteiger partial charge is 0.0851 e. The van der Waals surface area contributed by atoms with Crippen molar-refractivity contribution in [1.29, 1.82) is 0 Å². The van der Waals surface area contributed by atoms with Crippen LogP contribution in [0.4, 0.5) is 0 Å². The Labute approximate surface area is 125 Å². The summed E-state index contributed by atoms with van der Waals surface area (Å²) in [4.78, 5) is 6.58.